The predicted molar refractivity (Wildman–Crippen MR) is 116 cm³/mol. The van der Waals surface area contributed by atoms with Gasteiger partial charge in [-0.15, -0.1) is 0 Å². The van der Waals surface area contributed by atoms with Crippen LogP contribution in [0.1, 0.15) is 18.4 Å². The van der Waals surface area contributed by atoms with Gasteiger partial charge in [-0.1, -0.05) is 60.1 Å². The average Bonchev–Trinajstić information content (AvgIpc) is 3.07. The number of rotatable bonds is 6. The Kier molecular flexibility index (Phi) is 5.28. The molecule has 27 heavy (non-hydrogen) atoms. The van der Waals surface area contributed by atoms with Gasteiger partial charge in [-0.05, 0) is 72.3 Å². The molecule has 2 nitrogen and oxygen atoms in total. The van der Waals surface area contributed by atoms with Crippen molar-refractivity contribution < 1.29 is 0 Å². The Balaban J connectivity index is 1.84. The first-order valence-electron chi connectivity index (χ1n) is 9.42. The maximum atomic E-state index is 6.08. The number of nitrogens with two attached hydrogens (primary N) is 1. The lowest BCUT2D eigenvalue weighted by Gasteiger charge is -2.06. The van der Waals surface area contributed by atoms with Crippen LogP contribution >= 0.6 is 11.6 Å². The quantitative estimate of drug-likeness (QED) is 0.375. The van der Waals surface area contributed by atoms with Gasteiger partial charge in [0.1, 0.15) is 0 Å². The molecule has 136 valence electrons. The maximum absolute atomic E-state index is 6.08. The third-order valence-corrected chi connectivity index (χ3v) is 5.28. The zero-order valence-corrected chi connectivity index (χ0v) is 16.0. The van der Waals surface area contributed by atoms with Gasteiger partial charge >= 0.3 is 0 Å². The number of hydrogen-bond donors (Lipinski definition) is 2. The van der Waals surface area contributed by atoms with Gasteiger partial charge in [-0.2, -0.15) is 0 Å². The minimum Gasteiger partial charge on any atom is -0.354 e. The molecule has 0 saturated heterocycles. The summed E-state index contributed by atoms with van der Waals surface area (Å²) in [6, 6.07) is 25.2. The van der Waals surface area contributed by atoms with Gasteiger partial charge in [-0.25, -0.2) is 0 Å². The molecule has 3 N–H and O–H groups in total. The summed E-state index contributed by atoms with van der Waals surface area (Å²) in [5.41, 5.74) is 13.1. The van der Waals surface area contributed by atoms with Crippen molar-refractivity contribution in [2.75, 3.05) is 6.54 Å². The van der Waals surface area contributed by atoms with Crippen molar-refractivity contribution in [1.82, 2.24) is 4.98 Å². The van der Waals surface area contributed by atoms with E-state index in [1.165, 1.54) is 38.9 Å². The van der Waals surface area contributed by atoms with Gasteiger partial charge in [0, 0.05) is 21.6 Å². The number of unbranched alkanes of at least 4 members (excludes halogenated alkanes) is 1. The largest absolute Gasteiger partial charge is 0.354 e. The van der Waals surface area contributed by atoms with Gasteiger partial charge in [-0.3, -0.25) is 0 Å². The molecule has 0 spiro atoms. The monoisotopic (exact) mass is 374 g/mol. The molecule has 4 rings (SSSR count). The number of benzene rings is 3. The third kappa shape index (κ3) is 3.78. The molecular formula is C24H23ClN2. The van der Waals surface area contributed by atoms with E-state index in [1.807, 2.05) is 12.1 Å². The highest BCUT2D eigenvalue weighted by molar-refractivity contribution is 6.30. The third-order valence-electron chi connectivity index (χ3n) is 5.03. The Hall–Kier alpha value is -2.55. The fourth-order valence-corrected chi connectivity index (χ4v) is 3.75. The first kappa shape index (κ1) is 17.8. The lowest BCUT2D eigenvalue weighted by atomic mass is 9.97. The molecule has 0 amide bonds. The topological polar surface area (TPSA) is 41.8 Å². The smallest absolute Gasteiger partial charge is 0.0497 e. The van der Waals surface area contributed by atoms with Crippen molar-refractivity contribution in [1.29, 1.82) is 0 Å². The highest BCUT2D eigenvalue weighted by Gasteiger charge is 2.14. The molecule has 0 atom stereocenters. The lowest BCUT2D eigenvalue weighted by molar-refractivity contribution is 0.748. The summed E-state index contributed by atoms with van der Waals surface area (Å²) in [5, 5.41) is 2.05. The van der Waals surface area contributed by atoms with Crippen molar-refractivity contribution in [3.63, 3.8) is 0 Å². The van der Waals surface area contributed by atoms with Crippen LogP contribution in [0.25, 0.3) is 33.3 Å². The molecule has 4 aromatic rings. The van der Waals surface area contributed by atoms with Gasteiger partial charge in [0.2, 0.25) is 0 Å². The summed E-state index contributed by atoms with van der Waals surface area (Å²) < 4.78 is 0. The van der Waals surface area contributed by atoms with Crippen LogP contribution in [0, 0.1) is 0 Å². The Morgan fingerprint density at radius 3 is 2.26 bits per heavy atom. The first-order chi connectivity index (χ1) is 13.3. The molecule has 0 radical (unpaired) electrons. The van der Waals surface area contributed by atoms with Crippen molar-refractivity contribution >= 4 is 22.5 Å². The fraction of sp³-hybridized carbons (Fsp3) is 0.167. The standard InChI is InChI=1S/C24H23ClN2/c25-20-12-9-18(10-13-20)24-21(8-4-5-15-26)22-16-19(11-14-23(22)27-24)17-6-2-1-3-7-17/h1-3,6-7,9-14,16,27H,4-5,8,15,26H2. The lowest BCUT2D eigenvalue weighted by Crippen LogP contribution is -1.99. The van der Waals surface area contributed by atoms with E-state index >= 15 is 0 Å². The molecule has 0 fully saturated rings. The molecule has 0 bridgehead atoms. The first-order valence-corrected chi connectivity index (χ1v) is 9.80. The number of hydrogen-bond acceptors (Lipinski definition) is 1. The number of fused-ring (bicyclic) bond motifs is 1. The predicted octanol–water partition coefficient (Wildman–Crippen LogP) is 6.44. The number of aryl methyl sites for hydroxylation is 1. The van der Waals surface area contributed by atoms with Crippen LogP contribution in [0.5, 0.6) is 0 Å². The second-order valence-corrected chi connectivity index (χ2v) is 7.29. The van der Waals surface area contributed by atoms with E-state index in [0.717, 1.165) is 30.8 Å². The maximum Gasteiger partial charge on any atom is 0.0497 e. The van der Waals surface area contributed by atoms with Gasteiger partial charge in [0.15, 0.2) is 0 Å². The summed E-state index contributed by atoms with van der Waals surface area (Å²) in [6.07, 6.45) is 3.12. The average molecular weight is 375 g/mol. The van der Waals surface area contributed by atoms with E-state index in [-0.39, 0.29) is 0 Å². The van der Waals surface area contributed by atoms with Crippen molar-refractivity contribution in [2.45, 2.75) is 19.3 Å². The van der Waals surface area contributed by atoms with Crippen LogP contribution in [0.2, 0.25) is 5.02 Å². The molecule has 3 aromatic carbocycles. The zero-order chi connectivity index (χ0) is 18.6. The van der Waals surface area contributed by atoms with E-state index in [4.69, 9.17) is 17.3 Å². The van der Waals surface area contributed by atoms with Crippen LogP contribution in [-0.4, -0.2) is 11.5 Å². The summed E-state index contributed by atoms with van der Waals surface area (Å²) in [4.78, 5) is 3.63. The fourth-order valence-electron chi connectivity index (χ4n) is 3.63. The number of nitrogens with one attached hydrogen (secondary N) is 1. The van der Waals surface area contributed by atoms with Gasteiger partial charge in [0.05, 0.1) is 0 Å². The van der Waals surface area contributed by atoms with Crippen molar-refractivity contribution in [2.24, 2.45) is 5.73 Å². The van der Waals surface area contributed by atoms with Crippen LogP contribution < -0.4 is 5.73 Å². The molecule has 0 unspecified atom stereocenters. The Bertz CT molecular complexity index is 1030. The molecule has 0 saturated carbocycles. The van der Waals surface area contributed by atoms with Crippen LogP contribution in [0.4, 0.5) is 0 Å². The summed E-state index contributed by atoms with van der Waals surface area (Å²) in [6.45, 7) is 0.730. The number of halogens is 1. The van der Waals surface area contributed by atoms with E-state index in [2.05, 4.69) is 65.6 Å². The second-order valence-electron chi connectivity index (χ2n) is 6.86. The van der Waals surface area contributed by atoms with Crippen LogP contribution in [0.15, 0.2) is 72.8 Å². The SMILES string of the molecule is NCCCCc1c(-c2ccc(Cl)cc2)[nH]c2ccc(-c3ccccc3)cc12. The normalized spacial score (nSPS) is 11.2. The van der Waals surface area contributed by atoms with Gasteiger partial charge < -0.3 is 10.7 Å². The highest BCUT2D eigenvalue weighted by Crippen LogP contribution is 2.34. The van der Waals surface area contributed by atoms with E-state index in [9.17, 15) is 0 Å². The molecule has 0 aliphatic carbocycles. The molecule has 1 heterocycles. The molecule has 0 aliphatic heterocycles. The second kappa shape index (κ2) is 7.99. The van der Waals surface area contributed by atoms with E-state index < -0.39 is 0 Å². The number of aromatic nitrogens is 1. The van der Waals surface area contributed by atoms with Crippen LogP contribution in [-0.2, 0) is 6.42 Å². The Morgan fingerprint density at radius 1 is 0.778 bits per heavy atom. The Morgan fingerprint density at radius 2 is 1.52 bits per heavy atom. The number of H-pyrrole nitrogens is 1. The van der Waals surface area contributed by atoms with E-state index in [0.29, 0.717) is 0 Å². The molecular weight excluding hydrogens is 352 g/mol. The molecule has 3 heteroatoms. The minimum atomic E-state index is 0.730. The zero-order valence-electron chi connectivity index (χ0n) is 15.2. The van der Waals surface area contributed by atoms with Gasteiger partial charge in [0.25, 0.3) is 0 Å². The summed E-state index contributed by atoms with van der Waals surface area (Å²) in [5.74, 6) is 0. The minimum absolute atomic E-state index is 0.730. The van der Waals surface area contributed by atoms with Crippen molar-refractivity contribution in [3.8, 4) is 22.4 Å². The number of aromatic amines is 1. The highest BCUT2D eigenvalue weighted by atomic mass is 35.5. The summed E-state index contributed by atoms with van der Waals surface area (Å²) >= 11 is 6.08. The van der Waals surface area contributed by atoms with E-state index in [1.54, 1.807) is 0 Å². The molecule has 0 aliphatic rings. The van der Waals surface area contributed by atoms with Crippen molar-refractivity contribution in [3.05, 3.63) is 83.4 Å². The van der Waals surface area contributed by atoms with Crippen LogP contribution in [0.3, 0.4) is 0 Å². The molecule has 1 aromatic heterocycles. The summed E-state index contributed by atoms with van der Waals surface area (Å²) in [7, 11) is 0. The Labute approximate surface area is 165 Å².